The number of carbonyl (C=O) groups excluding carboxylic acids is 1. The molecule has 144 valence electrons. The number of benzene rings is 1. The molecule has 0 radical (unpaired) electrons. The lowest BCUT2D eigenvalue weighted by atomic mass is 9.87. The second kappa shape index (κ2) is 8.10. The Morgan fingerprint density at radius 3 is 2.19 bits per heavy atom. The third-order valence-electron chi connectivity index (χ3n) is 5.93. The van der Waals surface area contributed by atoms with Gasteiger partial charge in [0, 0.05) is 59.3 Å². The van der Waals surface area contributed by atoms with E-state index in [1.54, 1.807) is 0 Å². The highest BCUT2D eigenvalue weighted by atomic mass is 16.2. The molecule has 1 unspecified atom stereocenters. The summed E-state index contributed by atoms with van der Waals surface area (Å²) in [4.78, 5) is 18.7. The zero-order chi connectivity index (χ0) is 18.7. The molecule has 0 bridgehead atoms. The molecule has 4 nitrogen and oxygen atoms in total. The van der Waals surface area contributed by atoms with Crippen LogP contribution in [-0.4, -0.2) is 66.9 Å². The van der Waals surface area contributed by atoms with Crippen LogP contribution in [0.4, 0.5) is 0 Å². The molecule has 2 aliphatic heterocycles. The molecule has 2 aliphatic rings. The fraction of sp³-hybridized carbons (Fsp3) is 0.682. The van der Waals surface area contributed by atoms with Gasteiger partial charge in [-0.2, -0.15) is 0 Å². The summed E-state index contributed by atoms with van der Waals surface area (Å²) in [5.41, 5.74) is 3.04. The number of hydrogen-bond donors (Lipinski definition) is 0. The van der Waals surface area contributed by atoms with Crippen LogP contribution in [0.2, 0.25) is 0 Å². The molecule has 1 aromatic carbocycles. The highest BCUT2D eigenvalue weighted by molar-refractivity contribution is 5.76. The summed E-state index contributed by atoms with van der Waals surface area (Å²) in [6, 6.07) is 9.16. The van der Waals surface area contributed by atoms with E-state index >= 15 is 0 Å². The van der Waals surface area contributed by atoms with Crippen LogP contribution in [0.15, 0.2) is 24.3 Å². The van der Waals surface area contributed by atoms with Crippen molar-refractivity contribution in [2.45, 2.75) is 45.6 Å². The normalized spacial score (nSPS) is 23.5. The first kappa shape index (κ1) is 19.4. The van der Waals surface area contributed by atoms with Crippen LogP contribution in [0.5, 0.6) is 0 Å². The van der Waals surface area contributed by atoms with Crippen molar-refractivity contribution in [3.05, 3.63) is 35.4 Å². The van der Waals surface area contributed by atoms with Crippen LogP contribution in [0.1, 0.15) is 44.7 Å². The monoisotopic (exact) mass is 357 g/mol. The molecule has 3 rings (SSSR count). The number of hydrogen-bond acceptors (Lipinski definition) is 3. The van der Waals surface area contributed by atoms with E-state index in [-0.39, 0.29) is 5.41 Å². The van der Waals surface area contributed by atoms with E-state index in [9.17, 15) is 4.79 Å². The number of piperazine rings is 1. The molecule has 1 aromatic rings. The summed E-state index contributed by atoms with van der Waals surface area (Å²) < 4.78 is 0. The Labute approximate surface area is 159 Å². The summed E-state index contributed by atoms with van der Waals surface area (Å²) in [6.45, 7) is 14.5. The Hall–Kier alpha value is -1.39. The highest BCUT2D eigenvalue weighted by Crippen LogP contribution is 2.23. The fourth-order valence-electron chi connectivity index (χ4n) is 4.11. The molecular weight excluding hydrogens is 322 g/mol. The van der Waals surface area contributed by atoms with Crippen molar-refractivity contribution in [2.24, 2.45) is 5.92 Å². The van der Waals surface area contributed by atoms with Gasteiger partial charge in [0.2, 0.25) is 5.91 Å². The zero-order valence-electron chi connectivity index (χ0n) is 17.0. The van der Waals surface area contributed by atoms with Gasteiger partial charge in [0.05, 0.1) is 0 Å². The van der Waals surface area contributed by atoms with Crippen LogP contribution < -0.4 is 0 Å². The molecule has 2 saturated heterocycles. The minimum Gasteiger partial charge on any atom is -0.345 e. The number of rotatable bonds is 4. The SMILES string of the molecule is CN1CC(CN2CCN(Cc3ccc(C(C)(C)C)cc3)CC2)CCC1=O. The Morgan fingerprint density at radius 1 is 1.00 bits per heavy atom. The van der Waals surface area contributed by atoms with Crippen molar-refractivity contribution in [1.82, 2.24) is 14.7 Å². The van der Waals surface area contributed by atoms with Crippen LogP contribution in [0, 0.1) is 5.92 Å². The largest absolute Gasteiger partial charge is 0.345 e. The molecule has 0 spiro atoms. The lowest BCUT2D eigenvalue weighted by molar-refractivity contribution is -0.133. The number of piperidine rings is 1. The third-order valence-corrected chi connectivity index (χ3v) is 5.93. The lowest BCUT2D eigenvalue weighted by Crippen LogP contribution is -2.49. The van der Waals surface area contributed by atoms with Crippen molar-refractivity contribution in [1.29, 1.82) is 0 Å². The molecule has 4 heteroatoms. The first-order valence-corrected chi connectivity index (χ1v) is 10.1. The van der Waals surface area contributed by atoms with Gasteiger partial charge in [-0.25, -0.2) is 0 Å². The molecule has 0 saturated carbocycles. The molecule has 2 fully saturated rings. The molecule has 2 heterocycles. The Morgan fingerprint density at radius 2 is 1.62 bits per heavy atom. The molecule has 1 atom stereocenters. The Bertz CT molecular complexity index is 597. The van der Waals surface area contributed by atoms with E-state index in [1.165, 1.54) is 11.1 Å². The summed E-state index contributed by atoms with van der Waals surface area (Å²) in [7, 11) is 1.94. The fourth-order valence-corrected chi connectivity index (χ4v) is 4.11. The van der Waals surface area contributed by atoms with Gasteiger partial charge in [-0.05, 0) is 28.9 Å². The molecule has 0 N–H and O–H groups in total. The van der Waals surface area contributed by atoms with Gasteiger partial charge in [0.25, 0.3) is 0 Å². The minimum atomic E-state index is 0.224. The standard InChI is InChI=1S/C22H35N3O/c1-22(2,3)20-8-5-18(6-9-20)16-24-11-13-25(14-12-24)17-19-7-10-21(26)23(4)15-19/h5-6,8-9,19H,7,10-17H2,1-4H3. The highest BCUT2D eigenvalue weighted by Gasteiger charge is 2.26. The van der Waals surface area contributed by atoms with Gasteiger partial charge in [-0.15, -0.1) is 0 Å². The molecule has 0 aliphatic carbocycles. The summed E-state index contributed by atoms with van der Waals surface area (Å²) in [5.74, 6) is 0.956. The lowest BCUT2D eigenvalue weighted by Gasteiger charge is -2.38. The summed E-state index contributed by atoms with van der Waals surface area (Å²) in [5, 5.41) is 0. The van der Waals surface area contributed by atoms with Crippen LogP contribution >= 0.6 is 0 Å². The van der Waals surface area contributed by atoms with Crippen molar-refractivity contribution in [3.8, 4) is 0 Å². The van der Waals surface area contributed by atoms with Gasteiger partial charge in [-0.3, -0.25) is 9.69 Å². The number of likely N-dealkylation sites (tertiary alicyclic amines) is 1. The average molecular weight is 358 g/mol. The topological polar surface area (TPSA) is 26.8 Å². The zero-order valence-corrected chi connectivity index (χ0v) is 17.0. The summed E-state index contributed by atoms with van der Waals surface area (Å²) >= 11 is 0. The summed E-state index contributed by atoms with van der Waals surface area (Å²) in [6.07, 6.45) is 1.79. The average Bonchev–Trinajstić information content (AvgIpc) is 2.60. The van der Waals surface area contributed by atoms with E-state index in [1.807, 2.05) is 11.9 Å². The van der Waals surface area contributed by atoms with Crippen molar-refractivity contribution in [3.63, 3.8) is 0 Å². The van der Waals surface area contributed by atoms with Crippen LogP contribution in [0.25, 0.3) is 0 Å². The first-order valence-electron chi connectivity index (χ1n) is 10.1. The van der Waals surface area contributed by atoms with Gasteiger partial charge in [0.15, 0.2) is 0 Å². The van der Waals surface area contributed by atoms with E-state index in [4.69, 9.17) is 0 Å². The predicted octanol–water partition coefficient (Wildman–Crippen LogP) is 2.97. The van der Waals surface area contributed by atoms with Crippen molar-refractivity contribution in [2.75, 3.05) is 46.3 Å². The van der Waals surface area contributed by atoms with E-state index < -0.39 is 0 Å². The maximum Gasteiger partial charge on any atom is 0.222 e. The predicted molar refractivity (Wildman–Crippen MR) is 107 cm³/mol. The smallest absolute Gasteiger partial charge is 0.222 e. The number of carbonyl (C=O) groups is 1. The van der Waals surface area contributed by atoms with Crippen molar-refractivity contribution >= 4 is 5.91 Å². The first-order chi connectivity index (χ1) is 12.3. The van der Waals surface area contributed by atoms with E-state index in [2.05, 4.69) is 54.8 Å². The second-order valence-corrected chi connectivity index (χ2v) is 9.20. The maximum atomic E-state index is 11.6. The molecule has 1 amide bonds. The van der Waals surface area contributed by atoms with E-state index in [0.29, 0.717) is 11.8 Å². The number of nitrogens with zero attached hydrogens (tertiary/aromatic N) is 3. The Balaban J connectivity index is 1.43. The van der Waals surface area contributed by atoms with Crippen LogP contribution in [-0.2, 0) is 16.8 Å². The second-order valence-electron chi connectivity index (χ2n) is 9.20. The minimum absolute atomic E-state index is 0.224. The van der Waals surface area contributed by atoms with Gasteiger partial charge >= 0.3 is 0 Å². The number of amides is 1. The molecule has 26 heavy (non-hydrogen) atoms. The van der Waals surface area contributed by atoms with Gasteiger partial charge in [0.1, 0.15) is 0 Å². The molecular formula is C22H35N3O. The van der Waals surface area contributed by atoms with Crippen LogP contribution in [0.3, 0.4) is 0 Å². The Kier molecular flexibility index (Phi) is 6.03. The molecule has 0 aromatic heterocycles. The quantitative estimate of drug-likeness (QED) is 0.829. The maximum absolute atomic E-state index is 11.6. The van der Waals surface area contributed by atoms with Gasteiger partial charge < -0.3 is 9.80 Å². The van der Waals surface area contributed by atoms with Gasteiger partial charge in [-0.1, -0.05) is 45.0 Å². The van der Waals surface area contributed by atoms with Crippen molar-refractivity contribution < 1.29 is 4.79 Å². The van der Waals surface area contributed by atoms with E-state index in [0.717, 1.165) is 58.7 Å². The third kappa shape index (κ3) is 5.08.